The number of sulfonamides is 1. The average Bonchev–Trinajstić information content (AvgIpc) is 3.17. The number of nitro groups is 1. The molecular formula is C24H18Cl2N6O6S. The number of benzene rings is 3. The largest absolute Gasteiger partial charge is 0.478 e. The summed E-state index contributed by atoms with van der Waals surface area (Å²) in [6, 6.07) is 15.3. The highest BCUT2D eigenvalue weighted by molar-refractivity contribution is 7.93. The molecule has 39 heavy (non-hydrogen) atoms. The molecule has 1 heterocycles. The Labute approximate surface area is 231 Å². The third kappa shape index (κ3) is 6.00. The highest BCUT2D eigenvalue weighted by atomic mass is 35.5. The lowest BCUT2D eigenvalue weighted by atomic mass is 10.2. The molecule has 3 N–H and O–H groups in total. The smallest absolute Gasteiger partial charge is 0.337 e. The molecule has 1 aromatic heterocycles. The summed E-state index contributed by atoms with van der Waals surface area (Å²) in [5.74, 6) is -1.36. The van der Waals surface area contributed by atoms with E-state index < -0.39 is 31.5 Å². The van der Waals surface area contributed by atoms with E-state index in [0.717, 1.165) is 18.2 Å². The fourth-order valence-electron chi connectivity index (χ4n) is 3.50. The van der Waals surface area contributed by atoms with Crippen LogP contribution in [0, 0.1) is 17.0 Å². The Balaban J connectivity index is 1.68. The van der Waals surface area contributed by atoms with Gasteiger partial charge in [0.05, 0.1) is 45.0 Å². The summed E-state index contributed by atoms with van der Waals surface area (Å²) in [6.07, 6.45) is 1.32. The van der Waals surface area contributed by atoms with Crippen LogP contribution in [0.2, 0.25) is 10.2 Å². The van der Waals surface area contributed by atoms with Gasteiger partial charge in [-0.2, -0.15) is 10.2 Å². The molecule has 0 unspecified atom stereocenters. The Kier molecular flexibility index (Phi) is 7.85. The van der Waals surface area contributed by atoms with Crippen molar-refractivity contribution >= 4 is 62.5 Å². The maximum absolute atomic E-state index is 13.2. The van der Waals surface area contributed by atoms with Crippen LogP contribution in [-0.4, -0.2) is 40.4 Å². The van der Waals surface area contributed by atoms with Gasteiger partial charge in [-0.15, -0.1) is 0 Å². The molecule has 0 bridgehead atoms. The molecule has 12 nitrogen and oxygen atoms in total. The number of carboxylic acids is 1. The van der Waals surface area contributed by atoms with E-state index in [1.807, 2.05) is 0 Å². The topological polar surface area (TPSA) is 169 Å². The minimum absolute atomic E-state index is 0.117. The van der Waals surface area contributed by atoms with Crippen molar-refractivity contribution in [2.45, 2.75) is 11.8 Å². The van der Waals surface area contributed by atoms with Crippen LogP contribution in [-0.2, 0) is 10.0 Å². The Bertz CT molecular complexity index is 1740. The van der Waals surface area contributed by atoms with E-state index in [-0.39, 0.29) is 22.1 Å². The van der Waals surface area contributed by atoms with Crippen LogP contribution >= 0.6 is 23.2 Å². The van der Waals surface area contributed by atoms with E-state index in [9.17, 15) is 28.4 Å². The molecule has 0 atom stereocenters. The molecule has 4 aromatic rings. The number of aromatic carboxylic acids is 1. The van der Waals surface area contributed by atoms with Crippen molar-refractivity contribution in [3.8, 4) is 5.69 Å². The predicted molar refractivity (Wildman–Crippen MR) is 147 cm³/mol. The monoisotopic (exact) mass is 588 g/mol. The lowest BCUT2D eigenvalue weighted by Gasteiger charge is -2.13. The third-order valence-electron chi connectivity index (χ3n) is 5.35. The Hall–Kier alpha value is -4.46. The first-order valence-electron chi connectivity index (χ1n) is 10.9. The number of rotatable bonds is 9. The van der Waals surface area contributed by atoms with Crippen molar-refractivity contribution < 1.29 is 23.2 Å². The van der Waals surface area contributed by atoms with Crippen LogP contribution < -0.4 is 10.1 Å². The van der Waals surface area contributed by atoms with E-state index in [4.69, 9.17) is 23.2 Å². The maximum atomic E-state index is 13.2. The number of halogens is 2. The number of anilines is 2. The maximum Gasteiger partial charge on any atom is 0.337 e. The second kappa shape index (κ2) is 11.1. The van der Waals surface area contributed by atoms with Crippen LogP contribution in [0.25, 0.3) is 5.69 Å². The summed E-state index contributed by atoms with van der Waals surface area (Å²) in [4.78, 5) is 21.6. The summed E-state index contributed by atoms with van der Waals surface area (Å²) in [5.41, 5.74) is 2.96. The Morgan fingerprint density at radius 2 is 1.85 bits per heavy atom. The summed E-state index contributed by atoms with van der Waals surface area (Å²) >= 11 is 12.6. The fraction of sp³-hybridized carbons (Fsp3) is 0.0417. The molecule has 15 heteroatoms. The number of carbonyl (C=O) groups is 1. The number of nitrogens with one attached hydrogen (secondary N) is 2. The SMILES string of the molecule is Cc1nn(-c2cccc(Cl)c2)c(Cl)c1/C=N/Nc1ccc([N+](=O)[O-])cc1S(=O)(=O)Nc1ccccc1C(=O)O. The van der Waals surface area contributed by atoms with E-state index in [2.05, 4.69) is 20.3 Å². The highest BCUT2D eigenvalue weighted by Crippen LogP contribution is 2.30. The van der Waals surface area contributed by atoms with Gasteiger partial charge in [0.2, 0.25) is 0 Å². The number of hydrogen-bond acceptors (Lipinski definition) is 8. The highest BCUT2D eigenvalue weighted by Gasteiger charge is 2.24. The van der Waals surface area contributed by atoms with E-state index in [1.54, 1.807) is 31.2 Å². The van der Waals surface area contributed by atoms with E-state index >= 15 is 0 Å². The number of nitrogens with zero attached hydrogens (tertiary/aromatic N) is 4. The Morgan fingerprint density at radius 3 is 2.54 bits per heavy atom. The standard InChI is InChI=1S/C24H18Cl2N6O6S/c1-14-19(23(26)31(29-14)16-6-4-5-15(25)11-16)13-27-28-21-10-9-17(32(35)36)12-22(21)39(37,38)30-20-8-3-2-7-18(20)24(33)34/h2-13,28,30H,1H3,(H,33,34)/b27-13+. The normalized spacial score (nSPS) is 11.5. The van der Waals surface area contributed by atoms with Gasteiger partial charge in [0.15, 0.2) is 0 Å². The lowest BCUT2D eigenvalue weighted by molar-refractivity contribution is -0.385. The summed E-state index contributed by atoms with van der Waals surface area (Å²) < 4.78 is 30.1. The number of non-ortho nitro benzene ring substituents is 1. The second-order valence-electron chi connectivity index (χ2n) is 7.95. The number of hydrazone groups is 1. The number of para-hydroxylation sites is 1. The Morgan fingerprint density at radius 1 is 1.10 bits per heavy atom. The third-order valence-corrected chi connectivity index (χ3v) is 7.35. The van der Waals surface area contributed by atoms with Crippen molar-refractivity contribution in [3.63, 3.8) is 0 Å². The number of hydrogen-bond donors (Lipinski definition) is 3. The van der Waals surface area contributed by atoms with Crippen LogP contribution in [0.5, 0.6) is 0 Å². The first kappa shape index (κ1) is 27.6. The van der Waals surface area contributed by atoms with Crippen molar-refractivity contribution in [1.82, 2.24) is 9.78 Å². The molecular weight excluding hydrogens is 571 g/mol. The minimum atomic E-state index is -4.51. The van der Waals surface area contributed by atoms with Crippen LogP contribution in [0.1, 0.15) is 21.6 Å². The van der Waals surface area contributed by atoms with Gasteiger partial charge in [-0.3, -0.25) is 20.3 Å². The van der Waals surface area contributed by atoms with E-state index in [1.165, 1.54) is 35.2 Å². The van der Waals surface area contributed by atoms with Crippen molar-refractivity contribution in [1.29, 1.82) is 0 Å². The van der Waals surface area contributed by atoms with Crippen molar-refractivity contribution in [2.24, 2.45) is 5.10 Å². The summed E-state index contributed by atoms with van der Waals surface area (Å²) in [6.45, 7) is 1.69. The molecule has 4 rings (SSSR count). The summed E-state index contributed by atoms with van der Waals surface area (Å²) in [5, 5.41) is 29.9. The zero-order chi connectivity index (χ0) is 28.3. The van der Waals surface area contributed by atoms with E-state index in [0.29, 0.717) is 22.0 Å². The van der Waals surface area contributed by atoms with Crippen LogP contribution in [0.15, 0.2) is 76.7 Å². The van der Waals surface area contributed by atoms with Gasteiger partial charge in [0.1, 0.15) is 10.0 Å². The molecule has 0 aliphatic rings. The number of aryl methyl sites for hydroxylation is 1. The zero-order valence-electron chi connectivity index (χ0n) is 19.9. The molecule has 0 aliphatic heterocycles. The number of aromatic nitrogens is 2. The van der Waals surface area contributed by atoms with Gasteiger partial charge in [-0.05, 0) is 43.3 Å². The lowest BCUT2D eigenvalue weighted by Crippen LogP contribution is -2.17. The first-order valence-corrected chi connectivity index (χ1v) is 13.2. The fourth-order valence-corrected chi connectivity index (χ4v) is 5.26. The van der Waals surface area contributed by atoms with Gasteiger partial charge < -0.3 is 5.11 Å². The van der Waals surface area contributed by atoms with Crippen LogP contribution in [0.3, 0.4) is 0 Å². The molecule has 3 aromatic carbocycles. The van der Waals surface area contributed by atoms with Gasteiger partial charge >= 0.3 is 5.97 Å². The van der Waals surface area contributed by atoms with Gasteiger partial charge in [0, 0.05) is 17.2 Å². The molecule has 0 aliphatic carbocycles. The predicted octanol–water partition coefficient (Wildman–Crippen LogP) is 5.34. The molecule has 0 saturated carbocycles. The molecule has 0 amide bonds. The minimum Gasteiger partial charge on any atom is -0.478 e. The number of carboxylic acid groups (broad SMARTS) is 1. The van der Waals surface area contributed by atoms with Gasteiger partial charge in [0.25, 0.3) is 15.7 Å². The molecule has 0 saturated heterocycles. The second-order valence-corrected chi connectivity index (χ2v) is 10.4. The van der Waals surface area contributed by atoms with Gasteiger partial charge in [-0.1, -0.05) is 41.4 Å². The summed E-state index contributed by atoms with van der Waals surface area (Å²) in [7, 11) is -4.51. The molecule has 0 fully saturated rings. The van der Waals surface area contributed by atoms with Crippen molar-refractivity contribution in [3.05, 3.63) is 104 Å². The first-order chi connectivity index (χ1) is 18.5. The molecule has 0 radical (unpaired) electrons. The average molecular weight is 589 g/mol. The van der Waals surface area contributed by atoms with Crippen LogP contribution in [0.4, 0.5) is 17.1 Å². The van der Waals surface area contributed by atoms with Gasteiger partial charge in [-0.25, -0.2) is 17.9 Å². The zero-order valence-corrected chi connectivity index (χ0v) is 22.2. The number of nitro benzene ring substituents is 1. The van der Waals surface area contributed by atoms with Crippen molar-refractivity contribution in [2.75, 3.05) is 10.1 Å². The quantitative estimate of drug-likeness (QED) is 0.134. The molecule has 0 spiro atoms. The molecule has 200 valence electrons.